The van der Waals surface area contributed by atoms with Crippen molar-refractivity contribution in [2.45, 2.75) is 13.1 Å². The number of fused-ring (bicyclic) bond motifs is 1. The molecule has 0 fully saturated rings. The lowest BCUT2D eigenvalue weighted by atomic mass is 10.2. The van der Waals surface area contributed by atoms with Gasteiger partial charge in [0, 0.05) is 11.9 Å². The fourth-order valence-electron chi connectivity index (χ4n) is 3.48. The number of nitrogens with one attached hydrogen (secondary N) is 1. The van der Waals surface area contributed by atoms with Crippen LogP contribution in [0.5, 0.6) is 5.75 Å². The van der Waals surface area contributed by atoms with E-state index in [0.717, 1.165) is 15.5 Å². The molecule has 2 aromatic heterocycles. The number of methoxy groups -OCH3 is 1. The summed E-state index contributed by atoms with van der Waals surface area (Å²) >= 11 is 0. The largest absolute Gasteiger partial charge is 0.497 e. The first-order chi connectivity index (χ1) is 16.4. The van der Waals surface area contributed by atoms with Crippen LogP contribution in [0.25, 0.3) is 11.0 Å². The van der Waals surface area contributed by atoms with Crippen LogP contribution in [0, 0.1) is 0 Å². The molecule has 0 saturated heterocycles. The highest BCUT2D eigenvalue weighted by Gasteiger charge is 2.15. The number of guanidine groups is 1. The molecule has 0 unspecified atom stereocenters. The van der Waals surface area contributed by atoms with Gasteiger partial charge in [-0.3, -0.25) is 9.56 Å². The highest BCUT2D eigenvalue weighted by atomic mass is 16.5. The first kappa shape index (κ1) is 22.6. The average molecular weight is 463 g/mol. The minimum atomic E-state index is -0.694. The van der Waals surface area contributed by atoms with Gasteiger partial charge in [-0.25, -0.2) is 14.2 Å². The Morgan fingerprint density at radius 3 is 2.56 bits per heavy atom. The Bertz CT molecular complexity index is 1400. The van der Waals surface area contributed by atoms with Gasteiger partial charge in [0.1, 0.15) is 17.1 Å². The topological polar surface area (TPSA) is 156 Å². The number of benzene rings is 2. The molecule has 0 amide bonds. The molecule has 0 bridgehead atoms. The van der Waals surface area contributed by atoms with E-state index in [1.165, 1.54) is 4.57 Å². The van der Waals surface area contributed by atoms with Gasteiger partial charge >= 0.3 is 11.4 Å². The zero-order valence-corrected chi connectivity index (χ0v) is 18.6. The standard InChI is InChI=1S/C23H25N7O4/c1-33-17-8-6-15(7-9-17)13-29-21(27-11-10-26-20(24)25)28-22(31)30(23(29)32)14-18-12-16-4-2-3-5-19(16)34-18/h2-9,12H,10-11,13-14H2,1H3,(H4,24,25,26)(H,27,28,31). The SMILES string of the molecule is COc1ccc(Cn2c(NCCN=C(N)N)nc(=O)n(Cc3cc4ccccc4o3)c2=O)cc1. The van der Waals surface area contributed by atoms with Crippen molar-refractivity contribution in [3.8, 4) is 5.75 Å². The Morgan fingerprint density at radius 2 is 1.85 bits per heavy atom. The van der Waals surface area contributed by atoms with E-state index >= 15 is 0 Å². The molecule has 0 spiro atoms. The molecule has 0 aliphatic carbocycles. The van der Waals surface area contributed by atoms with Crippen molar-refractivity contribution in [2.75, 3.05) is 25.5 Å². The predicted octanol–water partition coefficient (Wildman–Crippen LogP) is 0.942. The van der Waals surface area contributed by atoms with Crippen LogP contribution in [0.15, 0.2) is 73.6 Å². The van der Waals surface area contributed by atoms with Gasteiger partial charge in [-0.15, -0.1) is 0 Å². The lowest BCUT2D eigenvalue weighted by Crippen LogP contribution is -2.43. The van der Waals surface area contributed by atoms with Gasteiger partial charge in [0.15, 0.2) is 5.96 Å². The predicted molar refractivity (Wildman–Crippen MR) is 129 cm³/mol. The van der Waals surface area contributed by atoms with E-state index < -0.39 is 11.4 Å². The Balaban J connectivity index is 1.70. The number of nitrogens with two attached hydrogens (primary N) is 2. The van der Waals surface area contributed by atoms with E-state index in [4.69, 9.17) is 20.6 Å². The van der Waals surface area contributed by atoms with Crippen molar-refractivity contribution >= 4 is 22.9 Å². The normalized spacial score (nSPS) is 10.9. The Morgan fingerprint density at radius 1 is 1.09 bits per heavy atom. The number of anilines is 1. The lowest BCUT2D eigenvalue weighted by molar-refractivity contribution is 0.414. The molecule has 11 heteroatoms. The molecule has 34 heavy (non-hydrogen) atoms. The van der Waals surface area contributed by atoms with E-state index in [1.54, 1.807) is 25.3 Å². The molecule has 11 nitrogen and oxygen atoms in total. The second-order valence-electron chi connectivity index (χ2n) is 7.50. The van der Waals surface area contributed by atoms with Crippen LogP contribution in [0.4, 0.5) is 5.95 Å². The second kappa shape index (κ2) is 9.94. The summed E-state index contributed by atoms with van der Waals surface area (Å²) in [6.07, 6.45) is 0. The van der Waals surface area contributed by atoms with Crippen molar-refractivity contribution < 1.29 is 9.15 Å². The Hall–Kier alpha value is -4.54. The molecular weight excluding hydrogens is 438 g/mol. The summed E-state index contributed by atoms with van der Waals surface area (Å²) in [4.78, 5) is 34.2. The first-order valence-electron chi connectivity index (χ1n) is 10.6. The molecule has 0 aliphatic heterocycles. The number of furan rings is 1. The van der Waals surface area contributed by atoms with Crippen molar-refractivity contribution in [1.82, 2.24) is 14.1 Å². The van der Waals surface area contributed by atoms with E-state index in [9.17, 15) is 9.59 Å². The lowest BCUT2D eigenvalue weighted by Gasteiger charge is -2.15. The van der Waals surface area contributed by atoms with Crippen LogP contribution in [0.1, 0.15) is 11.3 Å². The average Bonchev–Trinajstić information content (AvgIpc) is 3.24. The van der Waals surface area contributed by atoms with E-state index in [-0.39, 0.29) is 38.1 Å². The molecule has 2 aromatic carbocycles. The Labute approximate surface area is 194 Å². The van der Waals surface area contributed by atoms with Crippen LogP contribution >= 0.6 is 0 Å². The van der Waals surface area contributed by atoms with Gasteiger partial charge in [0.25, 0.3) is 0 Å². The summed E-state index contributed by atoms with van der Waals surface area (Å²) < 4.78 is 13.4. The summed E-state index contributed by atoms with van der Waals surface area (Å²) in [6, 6.07) is 16.5. The third-order valence-corrected chi connectivity index (χ3v) is 5.13. The summed E-state index contributed by atoms with van der Waals surface area (Å²) in [5.74, 6) is 1.25. The number of aliphatic imine (C=N–C) groups is 1. The summed E-state index contributed by atoms with van der Waals surface area (Å²) in [5.41, 5.74) is 11.0. The van der Waals surface area contributed by atoms with Crippen LogP contribution in [-0.2, 0) is 13.1 Å². The van der Waals surface area contributed by atoms with Crippen LogP contribution in [0.2, 0.25) is 0 Å². The number of para-hydroxylation sites is 1. The molecule has 0 radical (unpaired) electrons. The number of ether oxygens (including phenoxy) is 1. The first-order valence-corrected chi connectivity index (χ1v) is 10.6. The van der Waals surface area contributed by atoms with Gasteiger partial charge in [-0.1, -0.05) is 30.3 Å². The molecule has 5 N–H and O–H groups in total. The third kappa shape index (κ3) is 5.09. The molecule has 4 aromatic rings. The van der Waals surface area contributed by atoms with Crippen molar-refractivity contribution in [3.05, 3.63) is 86.9 Å². The number of nitrogens with zero attached hydrogens (tertiary/aromatic N) is 4. The van der Waals surface area contributed by atoms with E-state index in [0.29, 0.717) is 17.1 Å². The molecule has 0 saturated carbocycles. The Kier molecular flexibility index (Phi) is 6.62. The fraction of sp³-hybridized carbons (Fsp3) is 0.217. The highest BCUT2D eigenvalue weighted by molar-refractivity contribution is 5.77. The van der Waals surface area contributed by atoms with Gasteiger partial charge in [0.05, 0.1) is 26.7 Å². The smallest absolute Gasteiger partial charge is 0.355 e. The number of hydrogen-bond acceptors (Lipinski definition) is 7. The minimum Gasteiger partial charge on any atom is -0.497 e. The maximum Gasteiger partial charge on any atom is 0.355 e. The van der Waals surface area contributed by atoms with Gasteiger partial charge in [-0.2, -0.15) is 4.98 Å². The van der Waals surface area contributed by atoms with Crippen LogP contribution in [0.3, 0.4) is 0 Å². The molecule has 2 heterocycles. The van der Waals surface area contributed by atoms with E-state index in [1.807, 2.05) is 36.4 Å². The fourth-order valence-corrected chi connectivity index (χ4v) is 3.48. The molecule has 4 rings (SSSR count). The highest BCUT2D eigenvalue weighted by Crippen LogP contribution is 2.19. The van der Waals surface area contributed by atoms with Crippen molar-refractivity contribution in [1.29, 1.82) is 0 Å². The molecule has 176 valence electrons. The van der Waals surface area contributed by atoms with Gasteiger partial charge in [-0.05, 0) is 29.8 Å². The number of rotatable bonds is 9. The molecule has 0 atom stereocenters. The quantitative estimate of drug-likeness (QED) is 0.188. The zero-order chi connectivity index (χ0) is 24.1. The van der Waals surface area contributed by atoms with Crippen molar-refractivity contribution in [2.24, 2.45) is 16.5 Å². The maximum atomic E-state index is 13.4. The molecular formula is C23H25N7O4. The van der Waals surface area contributed by atoms with Crippen LogP contribution in [-0.4, -0.2) is 40.3 Å². The van der Waals surface area contributed by atoms with Gasteiger partial charge in [0.2, 0.25) is 5.95 Å². The number of aromatic nitrogens is 3. The minimum absolute atomic E-state index is 0.0454. The van der Waals surface area contributed by atoms with Gasteiger partial charge < -0.3 is 25.9 Å². The summed E-state index contributed by atoms with van der Waals surface area (Å²) in [7, 11) is 1.58. The summed E-state index contributed by atoms with van der Waals surface area (Å²) in [5, 5.41) is 3.86. The van der Waals surface area contributed by atoms with Crippen LogP contribution < -0.4 is 32.9 Å². The maximum absolute atomic E-state index is 13.4. The van der Waals surface area contributed by atoms with Crippen molar-refractivity contribution in [3.63, 3.8) is 0 Å². The third-order valence-electron chi connectivity index (χ3n) is 5.13. The molecule has 0 aliphatic rings. The summed E-state index contributed by atoms with van der Waals surface area (Å²) in [6.45, 7) is 0.667. The zero-order valence-electron chi connectivity index (χ0n) is 18.6. The monoisotopic (exact) mass is 463 g/mol. The number of hydrogen-bond donors (Lipinski definition) is 3. The second-order valence-corrected chi connectivity index (χ2v) is 7.50. The van der Waals surface area contributed by atoms with E-state index in [2.05, 4.69) is 15.3 Å².